The van der Waals surface area contributed by atoms with E-state index in [-0.39, 0.29) is 29.7 Å². The van der Waals surface area contributed by atoms with Crippen LogP contribution in [0.3, 0.4) is 0 Å². The summed E-state index contributed by atoms with van der Waals surface area (Å²) in [5.74, 6) is 1.43. The van der Waals surface area contributed by atoms with Gasteiger partial charge in [-0.05, 0) is 48.9 Å². The predicted octanol–water partition coefficient (Wildman–Crippen LogP) is 4.61. The van der Waals surface area contributed by atoms with Crippen LogP contribution in [-0.4, -0.2) is 45.6 Å². The van der Waals surface area contributed by atoms with E-state index in [1.807, 2.05) is 41.3 Å². The second-order valence-electron chi connectivity index (χ2n) is 10.8. The number of rotatable bonds is 7. The molecule has 0 bridgehead atoms. The van der Waals surface area contributed by atoms with E-state index in [0.717, 1.165) is 35.5 Å². The summed E-state index contributed by atoms with van der Waals surface area (Å²) in [5.41, 5.74) is 3.78. The summed E-state index contributed by atoms with van der Waals surface area (Å²) in [6.45, 7) is 4.31. The lowest BCUT2D eigenvalue weighted by Crippen LogP contribution is -2.42. The first-order chi connectivity index (χ1) is 17.8. The van der Waals surface area contributed by atoms with Crippen LogP contribution in [0.4, 0.5) is 11.4 Å². The van der Waals surface area contributed by atoms with Crippen molar-refractivity contribution in [3.8, 4) is 17.2 Å². The Hall–Kier alpha value is -3.68. The minimum absolute atomic E-state index is 0.0565. The zero-order valence-corrected chi connectivity index (χ0v) is 22.1. The monoisotopic (exact) mass is 505 g/mol. The van der Waals surface area contributed by atoms with Gasteiger partial charge in [-0.1, -0.05) is 26.0 Å². The highest BCUT2D eigenvalue weighted by Crippen LogP contribution is 2.52. The van der Waals surface area contributed by atoms with E-state index in [1.54, 1.807) is 21.3 Å². The molecule has 2 aliphatic carbocycles. The molecule has 1 saturated carbocycles. The van der Waals surface area contributed by atoms with Crippen LogP contribution in [0.2, 0.25) is 0 Å². The fourth-order valence-electron chi connectivity index (χ4n) is 5.55. The van der Waals surface area contributed by atoms with Crippen molar-refractivity contribution in [3.05, 3.63) is 53.2 Å². The maximum atomic E-state index is 13.9. The molecule has 5 rings (SSSR count). The molecule has 196 valence electrons. The van der Waals surface area contributed by atoms with Gasteiger partial charge in [-0.2, -0.15) is 0 Å². The molecule has 1 fully saturated rings. The summed E-state index contributed by atoms with van der Waals surface area (Å²) < 4.78 is 17.1. The minimum atomic E-state index is -0.575. The Bertz CT molecular complexity index is 1260. The number of hydrogen-bond donors (Lipinski definition) is 2. The van der Waals surface area contributed by atoms with E-state index < -0.39 is 6.04 Å². The molecule has 2 N–H and O–H groups in total. The van der Waals surface area contributed by atoms with Crippen molar-refractivity contribution in [1.82, 2.24) is 5.32 Å². The van der Waals surface area contributed by atoms with Gasteiger partial charge in [0.05, 0.1) is 45.3 Å². The summed E-state index contributed by atoms with van der Waals surface area (Å²) in [4.78, 5) is 29.2. The van der Waals surface area contributed by atoms with Gasteiger partial charge >= 0.3 is 0 Å². The van der Waals surface area contributed by atoms with Crippen LogP contribution in [0.15, 0.2) is 47.7 Å². The summed E-state index contributed by atoms with van der Waals surface area (Å²) >= 11 is 0. The number of benzene rings is 2. The zero-order chi connectivity index (χ0) is 26.3. The molecule has 0 saturated heterocycles. The van der Waals surface area contributed by atoms with Gasteiger partial charge in [-0.3, -0.25) is 9.59 Å². The van der Waals surface area contributed by atoms with Crippen LogP contribution >= 0.6 is 0 Å². The van der Waals surface area contributed by atoms with Gasteiger partial charge in [-0.15, -0.1) is 0 Å². The molecule has 2 aromatic carbocycles. The van der Waals surface area contributed by atoms with Crippen LogP contribution in [-0.2, 0) is 9.59 Å². The summed E-state index contributed by atoms with van der Waals surface area (Å²) in [6.07, 6.45) is 3.12. The Morgan fingerprint density at radius 1 is 1.03 bits per heavy atom. The Kier molecular flexibility index (Phi) is 6.52. The highest BCUT2D eigenvalue weighted by molar-refractivity contribution is 6.02. The molecule has 37 heavy (non-hydrogen) atoms. The lowest BCUT2D eigenvalue weighted by Gasteiger charge is -2.38. The number of ketones is 1. The molecule has 1 atom stereocenters. The van der Waals surface area contributed by atoms with Crippen molar-refractivity contribution in [2.75, 3.05) is 38.1 Å². The fraction of sp³-hybridized carbons (Fsp3) is 0.448. The smallest absolute Gasteiger partial charge is 0.239 e. The second kappa shape index (κ2) is 9.65. The summed E-state index contributed by atoms with van der Waals surface area (Å²) in [5, 5.41) is 6.69. The maximum absolute atomic E-state index is 13.9. The molecule has 8 nitrogen and oxygen atoms in total. The number of ether oxygens (including phenoxy) is 3. The average Bonchev–Trinajstić information content (AvgIpc) is 3.68. The van der Waals surface area contributed by atoms with Crippen molar-refractivity contribution in [3.63, 3.8) is 0 Å². The highest BCUT2D eigenvalue weighted by atomic mass is 16.5. The number of methoxy groups -OCH3 is 3. The van der Waals surface area contributed by atoms with Crippen LogP contribution in [0, 0.1) is 5.41 Å². The number of Topliss-reactive ketones (excluding diaryl/α,β-unsaturated/α-hetero) is 1. The van der Waals surface area contributed by atoms with Crippen molar-refractivity contribution < 1.29 is 23.8 Å². The second-order valence-corrected chi connectivity index (χ2v) is 10.8. The third-order valence-corrected chi connectivity index (χ3v) is 7.29. The molecule has 0 spiro atoms. The summed E-state index contributed by atoms with van der Waals surface area (Å²) in [6, 6.07) is 11.3. The van der Waals surface area contributed by atoms with Crippen molar-refractivity contribution in [1.29, 1.82) is 0 Å². The molecule has 1 unspecified atom stereocenters. The topological polar surface area (TPSA) is 89.1 Å². The molecule has 1 heterocycles. The number of anilines is 2. The van der Waals surface area contributed by atoms with Crippen molar-refractivity contribution in [2.45, 2.75) is 51.6 Å². The predicted molar refractivity (Wildman–Crippen MR) is 142 cm³/mol. The Balaban J connectivity index is 1.75. The summed E-state index contributed by atoms with van der Waals surface area (Å²) in [7, 11) is 4.72. The molecule has 2 aromatic rings. The number of para-hydroxylation sites is 2. The SMILES string of the molecule is COc1ccc(C2C3=C(CC(C)(C)CC3=O)Nc3ccccc3N2CC(=O)NC2CC2)c(OC)c1OC. The molecule has 8 heteroatoms. The third-order valence-electron chi connectivity index (χ3n) is 7.29. The third kappa shape index (κ3) is 4.72. The zero-order valence-electron chi connectivity index (χ0n) is 22.1. The van der Waals surface area contributed by atoms with Crippen LogP contribution in [0.1, 0.15) is 51.1 Å². The van der Waals surface area contributed by atoms with Crippen LogP contribution in [0.25, 0.3) is 0 Å². The van der Waals surface area contributed by atoms with Crippen LogP contribution in [0.5, 0.6) is 17.2 Å². The van der Waals surface area contributed by atoms with Gasteiger partial charge < -0.3 is 29.7 Å². The van der Waals surface area contributed by atoms with E-state index in [1.165, 1.54) is 0 Å². The molecule has 0 aromatic heterocycles. The number of fused-ring (bicyclic) bond motifs is 1. The first kappa shape index (κ1) is 25.0. The van der Waals surface area contributed by atoms with Gasteiger partial charge in [-0.25, -0.2) is 0 Å². The average molecular weight is 506 g/mol. The lowest BCUT2D eigenvalue weighted by molar-refractivity contribution is -0.120. The molecular formula is C29H35N3O5. The van der Waals surface area contributed by atoms with Gasteiger partial charge in [0.25, 0.3) is 0 Å². The van der Waals surface area contributed by atoms with Crippen molar-refractivity contribution in [2.24, 2.45) is 5.41 Å². The number of nitrogens with one attached hydrogen (secondary N) is 2. The van der Waals surface area contributed by atoms with Gasteiger partial charge in [0, 0.05) is 29.3 Å². The molecule has 0 radical (unpaired) electrons. The maximum Gasteiger partial charge on any atom is 0.239 e. The molecule has 1 aliphatic heterocycles. The number of amides is 1. The minimum Gasteiger partial charge on any atom is -0.493 e. The number of nitrogens with zero attached hydrogens (tertiary/aromatic N) is 1. The number of carbonyl (C=O) groups is 2. The van der Waals surface area contributed by atoms with E-state index in [9.17, 15) is 9.59 Å². The Labute approximate surface area is 218 Å². The number of hydrogen-bond acceptors (Lipinski definition) is 7. The molecular weight excluding hydrogens is 470 g/mol. The molecule has 1 amide bonds. The first-order valence-electron chi connectivity index (χ1n) is 12.7. The van der Waals surface area contributed by atoms with Gasteiger partial charge in [0.15, 0.2) is 17.3 Å². The van der Waals surface area contributed by atoms with Gasteiger partial charge in [0.1, 0.15) is 0 Å². The largest absolute Gasteiger partial charge is 0.493 e. The quantitative estimate of drug-likeness (QED) is 0.568. The molecule has 3 aliphatic rings. The van der Waals surface area contributed by atoms with Crippen LogP contribution < -0.4 is 29.7 Å². The standard InChI is InChI=1S/C29H35N3O5/c1-29(2)14-20-25(22(33)15-29)26(18-12-13-23(35-3)28(37-5)27(18)36-4)32(16-24(34)30-17-10-11-17)21-9-7-6-8-19(21)31-20/h6-9,12-13,17,26,31H,10-11,14-16H2,1-5H3,(H,30,34). The first-order valence-corrected chi connectivity index (χ1v) is 12.7. The highest BCUT2D eigenvalue weighted by Gasteiger charge is 2.43. The van der Waals surface area contributed by atoms with E-state index in [0.29, 0.717) is 35.7 Å². The van der Waals surface area contributed by atoms with Gasteiger partial charge in [0.2, 0.25) is 11.7 Å². The van der Waals surface area contributed by atoms with E-state index >= 15 is 0 Å². The lowest BCUT2D eigenvalue weighted by atomic mass is 9.73. The Morgan fingerprint density at radius 3 is 2.43 bits per heavy atom. The van der Waals surface area contributed by atoms with Crippen molar-refractivity contribution >= 4 is 23.1 Å². The fourth-order valence-corrected chi connectivity index (χ4v) is 5.55. The van der Waals surface area contributed by atoms with E-state index in [2.05, 4.69) is 24.5 Å². The number of carbonyl (C=O) groups excluding carboxylic acids is 2. The van der Waals surface area contributed by atoms with E-state index in [4.69, 9.17) is 14.2 Å². The number of allylic oxidation sites excluding steroid dienone is 1. The Morgan fingerprint density at radius 2 is 1.76 bits per heavy atom. The normalized spacial score (nSPS) is 20.3.